The second kappa shape index (κ2) is 9.61. The van der Waals surface area contributed by atoms with E-state index in [-0.39, 0.29) is 11.4 Å². The number of phenolic OH excluding ortho intramolecular Hbond substituents is 1. The summed E-state index contributed by atoms with van der Waals surface area (Å²) in [6.07, 6.45) is 1.45. The number of aromatic nitrogens is 2. The molecule has 1 aromatic heterocycles. The van der Waals surface area contributed by atoms with E-state index in [1.807, 2.05) is 36.4 Å². The number of phenols is 1. The molecular formula is C25H22N4O3. The van der Waals surface area contributed by atoms with Crippen molar-refractivity contribution in [1.29, 1.82) is 0 Å². The molecule has 3 N–H and O–H groups in total. The summed E-state index contributed by atoms with van der Waals surface area (Å²) in [6, 6.07) is 24.0. The Morgan fingerprint density at radius 1 is 1.09 bits per heavy atom. The lowest BCUT2D eigenvalue weighted by Crippen LogP contribution is -2.17. The molecule has 0 aliphatic heterocycles. The van der Waals surface area contributed by atoms with Crippen molar-refractivity contribution in [3.8, 4) is 22.8 Å². The molecule has 0 aliphatic rings. The normalized spacial score (nSPS) is 10.9. The first-order valence-corrected chi connectivity index (χ1v) is 10.0. The number of carbonyl (C=O) groups is 1. The Kier molecular flexibility index (Phi) is 6.27. The number of aromatic amines is 1. The molecule has 0 aliphatic carbocycles. The molecule has 4 aromatic rings. The number of hydrazone groups is 1. The number of H-pyrrole nitrogens is 1. The fourth-order valence-corrected chi connectivity index (χ4v) is 2.99. The van der Waals surface area contributed by atoms with Gasteiger partial charge in [-0.2, -0.15) is 10.2 Å². The Bertz CT molecular complexity index is 1230. The van der Waals surface area contributed by atoms with Crippen molar-refractivity contribution in [1.82, 2.24) is 15.6 Å². The van der Waals surface area contributed by atoms with Crippen LogP contribution >= 0.6 is 0 Å². The number of hydrogen-bond donors (Lipinski definition) is 3. The lowest BCUT2D eigenvalue weighted by atomic mass is 10.1. The number of rotatable bonds is 7. The second-order valence-electron chi connectivity index (χ2n) is 7.26. The Morgan fingerprint density at radius 2 is 1.88 bits per heavy atom. The number of aromatic hydroxyl groups is 1. The highest BCUT2D eigenvalue weighted by molar-refractivity contribution is 5.94. The molecule has 0 radical (unpaired) electrons. The smallest absolute Gasteiger partial charge is 0.289 e. The predicted octanol–water partition coefficient (Wildman–Crippen LogP) is 4.43. The number of benzene rings is 3. The molecule has 0 bridgehead atoms. The van der Waals surface area contributed by atoms with Gasteiger partial charge in [0.2, 0.25) is 0 Å². The van der Waals surface area contributed by atoms with E-state index in [1.165, 1.54) is 17.8 Å². The average Bonchev–Trinajstić information content (AvgIpc) is 3.30. The van der Waals surface area contributed by atoms with E-state index >= 15 is 0 Å². The van der Waals surface area contributed by atoms with Crippen molar-refractivity contribution in [2.24, 2.45) is 5.10 Å². The van der Waals surface area contributed by atoms with E-state index in [1.54, 1.807) is 24.3 Å². The highest BCUT2D eigenvalue weighted by Gasteiger charge is 2.10. The zero-order valence-corrected chi connectivity index (χ0v) is 17.4. The van der Waals surface area contributed by atoms with Crippen molar-refractivity contribution in [3.05, 3.63) is 101 Å². The Balaban J connectivity index is 1.34. The van der Waals surface area contributed by atoms with Gasteiger partial charge in [0, 0.05) is 5.56 Å². The number of ether oxygens (including phenoxy) is 1. The highest BCUT2D eigenvalue weighted by Crippen LogP contribution is 2.22. The highest BCUT2D eigenvalue weighted by atomic mass is 16.5. The fraction of sp³-hybridized carbons (Fsp3) is 0.0800. The molecule has 1 heterocycles. The summed E-state index contributed by atoms with van der Waals surface area (Å²) in [5.41, 5.74) is 7.20. The molecule has 0 spiro atoms. The molecule has 7 nitrogen and oxygen atoms in total. The molecule has 0 saturated heterocycles. The van der Waals surface area contributed by atoms with Crippen molar-refractivity contribution in [2.75, 3.05) is 0 Å². The zero-order chi connectivity index (χ0) is 22.3. The fourth-order valence-electron chi connectivity index (χ4n) is 2.99. The van der Waals surface area contributed by atoms with Crippen LogP contribution in [0.25, 0.3) is 11.3 Å². The summed E-state index contributed by atoms with van der Waals surface area (Å²) in [6.45, 7) is 2.55. The quantitative estimate of drug-likeness (QED) is 0.301. The maximum Gasteiger partial charge on any atom is 0.289 e. The maximum absolute atomic E-state index is 12.3. The number of amides is 1. The minimum atomic E-state index is -0.418. The van der Waals surface area contributed by atoms with Crippen LogP contribution in [0.2, 0.25) is 0 Å². The van der Waals surface area contributed by atoms with Crippen LogP contribution in [-0.2, 0) is 6.61 Å². The molecule has 0 fully saturated rings. The molecule has 3 aromatic carbocycles. The summed E-state index contributed by atoms with van der Waals surface area (Å²) in [5.74, 6) is 0.465. The van der Waals surface area contributed by atoms with E-state index in [4.69, 9.17) is 4.74 Å². The first kappa shape index (κ1) is 20.9. The summed E-state index contributed by atoms with van der Waals surface area (Å²) < 4.78 is 5.83. The number of aryl methyl sites for hydroxylation is 1. The van der Waals surface area contributed by atoms with E-state index < -0.39 is 5.91 Å². The first-order chi connectivity index (χ1) is 15.6. The van der Waals surface area contributed by atoms with Crippen LogP contribution in [-0.4, -0.2) is 27.4 Å². The van der Waals surface area contributed by atoms with Gasteiger partial charge in [-0.25, -0.2) is 5.43 Å². The Labute approximate surface area is 185 Å². The van der Waals surface area contributed by atoms with Crippen molar-refractivity contribution in [3.63, 3.8) is 0 Å². The lowest BCUT2D eigenvalue weighted by Gasteiger charge is -2.07. The topological polar surface area (TPSA) is 99.6 Å². The van der Waals surface area contributed by atoms with Gasteiger partial charge in [-0.3, -0.25) is 9.89 Å². The number of nitrogens with zero attached hydrogens (tertiary/aromatic N) is 2. The van der Waals surface area contributed by atoms with Gasteiger partial charge in [0.25, 0.3) is 5.91 Å². The summed E-state index contributed by atoms with van der Waals surface area (Å²) in [7, 11) is 0. The molecule has 7 heteroatoms. The minimum Gasteiger partial charge on any atom is -0.508 e. The number of nitrogens with one attached hydrogen (secondary N) is 2. The van der Waals surface area contributed by atoms with Crippen LogP contribution in [0.3, 0.4) is 0 Å². The Hall–Kier alpha value is -4.39. The number of hydrogen-bond acceptors (Lipinski definition) is 5. The average molecular weight is 426 g/mol. The van der Waals surface area contributed by atoms with Crippen LogP contribution in [0.1, 0.15) is 27.2 Å². The van der Waals surface area contributed by atoms with Gasteiger partial charge < -0.3 is 9.84 Å². The lowest BCUT2D eigenvalue weighted by molar-refractivity contribution is 0.0950. The first-order valence-electron chi connectivity index (χ1n) is 10.0. The minimum absolute atomic E-state index is 0.130. The van der Waals surface area contributed by atoms with Crippen LogP contribution in [0, 0.1) is 6.92 Å². The molecule has 0 unspecified atom stereocenters. The third kappa shape index (κ3) is 5.40. The van der Waals surface area contributed by atoms with Crippen LogP contribution in [0.15, 0.2) is 84.0 Å². The summed E-state index contributed by atoms with van der Waals surface area (Å²) in [4.78, 5) is 12.3. The largest absolute Gasteiger partial charge is 0.508 e. The third-order valence-corrected chi connectivity index (χ3v) is 4.75. The van der Waals surface area contributed by atoms with Crippen LogP contribution in [0.4, 0.5) is 0 Å². The van der Waals surface area contributed by atoms with Gasteiger partial charge >= 0.3 is 0 Å². The second-order valence-corrected chi connectivity index (χ2v) is 7.26. The monoisotopic (exact) mass is 426 g/mol. The summed E-state index contributed by atoms with van der Waals surface area (Å²) >= 11 is 0. The predicted molar refractivity (Wildman–Crippen MR) is 123 cm³/mol. The molecule has 4 rings (SSSR count). The third-order valence-electron chi connectivity index (χ3n) is 4.75. The van der Waals surface area contributed by atoms with Gasteiger partial charge in [-0.15, -0.1) is 0 Å². The van der Waals surface area contributed by atoms with Crippen LogP contribution < -0.4 is 10.2 Å². The molecular weight excluding hydrogens is 404 g/mol. The standard InChI is InChI=1S/C25H22N4O3/c1-17-5-7-18(8-6-17)16-32-22-11-9-20(10-12-22)23-14-24(28-27-23)25(31)29-26-15-19-3-2-4-21(30)13-19/h2-15,30H,16H2,1H3,(H,27,28)(H,29,31)/b26-15-. The van der Waals surface area contributed by atoms with Crippen molar-refractivity contribution >= 4 is 12.1 Å². The molecule has 1 amide bonds. The van der Waals surface area contributed by atoms with Gasteiger partial charge in [0.1, 0.15) is 23.8 Å². The van der Waals surface area contributed by atoms with E-state index in [9.17, 15) is 9.90 Å². The van der Waals surface area contributed by atoms with Gasteiger partial charge in [-0.1, -0.05) is 42.0 Å². The van der Waals surface area contributed by atoms with Gasteiger partial charge in [0.05, 0.1) is 11.9 Å². The van der Waals surface area contributed by atoms with Gasteiger partial charge in [0.15, 0.2) is 0 Å². The number of carbonyl (C=O) groups excluding carboxylic acids is 1. The van der Waals surface area contributed by atoms with Crippen molar-refractivity contribution in [2.45, 2.75) is 13.5 Å². The zero-order valence-electron chi connectivity index (χ0n) is 17.4. The molecule has 32 heavy (non-hydrogen) atoms. The molecule has 0 atom stereocenters. The van der Waals surface area contributed by atoms with E-state index in [0.29, 0.717) is 17.9 Å². The van der Waals surface area contributed by atoms with Gasteiger partial charge in [-0.05, 0) is 60.5 Å². The van der Waals surface area contributed by atoms with E-state index in [0.717, 1.165) is 16.9 Å². The molecule has 160 valence electrons. The van der Waals surface area contributed by atoms with Crippen LogP contribution in [0.5, 0.6) is 11.5 Å². The van der Waals surface area contributed by atoms with E-state index in [2.05, 4.69) is 39.8 Å². The SMILES string of the molecule is Cc1ccc(COc2ccc(-c3cc(C(=O)N/N=C\c4cccc(O)c4)[nH]n3)cc2)cc1. The van der Waals surface area contributed by atoms with Crippen molar-refractivity contribution < 1.29 is 14.6 Å². The molecule has 0 saturated carbocycles. The maximum atomic E-state index is 12.3. The Morgan fingerprint density at radius 3 is 2.62 bits per heavy atom. The summed E-state index contributed by atoms with van der Waals surface area (Å²) in [5, 5.41) is 20.3.